The number of aromatic nitrogens is 1. The Kier molecular flexibility index (Phi) is 4.53. The lowest BCUT2D eigenvalue weighted by Gasteiger charge is -2.28. The van der Waals surface area contributed by atoms with E-state index in [9.17, 15) is 0 Å². The molecule has 1 aliphatic rings. The van der Waals surface area contributed by atoms with Crippen LogP contribution in [-0.2, 0) is 0 Å². The minimum Gasteiger partial charge on any atom is -0.367 e. The second kappa shape index (κ2) is 5.92. The number of hydrogen-bond donors (Lipinski definition) is 1. The number of halogens is 1. The summed E-state index contributed by atoms with van der Waals surface area (Å²) in [5.41, 5.74) is 0. The van der Waals surface area contributed by atoms with Crippen LogP contribution >= 0.6 is 27.7 Å². The van der Waals surface area contributed by atoms with Crippen LogP contribution in [-0.4, -0.2) is 22.5 Å². The second-order valence-corrected chi connectivity index (χ2v) is 6.27. The fourth-order valence-electron chi connectivity index (χ4n) is 2.11. The Hall–Kier alpha value is -0.220. The second-order valence-electron chi connectivity index (χ2n) is 4.22. The first-order chi connectivity index (χ1) is 7.78. The Morgan fingerprint density at radius 1 is 1.31 bits per heavy atom. The van der Waals surface area contributed by atoms with Crippen molar-refractivity contribution in [3.8, 4) is 0 Å². The molecule has 0 bridgehead atoms. The maximum absolute atomic E-state index is 4.35. The highest BCUT2D eigenvalue weighted by Crippen LogP contribution is 2.28. The van der Waals surface area contributed by atoms with Crippen LogP contribution in [0.3, 0.4) is 0 Å². The number of thioether (sulfide) groups is 1. The van der Waals surface area contributed by atoms with E-state index in [1.807, 2.05) is 30.1 Å². The molecule has 0 radical (unpaired) electrons. The first kappa shape index (κ1) is 12.2. The van der Waals surface area contributed by atoms with Crippen LogP contribution in [0, 0.1) is 0 Å². The van der Waals surface area contributed by atoms with Crippen molar-refractivity contribution < 1.29 is 0 Å². The van der Waals surface area contributed by atoms with E-state index >= 15 is 0 Å². The van der Waals surface area contributed by atoms with Crippen LogP contribution in [0.25, 0.3) is 0 Å². The normalized spacial score (nSPS) is 25.4. The van der Waals surface area contributed by atoms with Crippen LogP contribution in [0.2, 0.25) is 0 Å². The molecule has 0 aromatic carbocycles. The summed E-state index contributed by atoms with van der Waals surface area (Å²) in [7, 11) is 0. The van der Waals surface area contributed by atoms with Gasteiger partial charge in [-0.2, -0.15) is 11.8 Å². The van der Waals surface area contributed by atoms with Crippen molar-refractivity contribution in [2.24, 2.45) is 0 Å². The lowest BCUT2D eigenvalue weighted by molar-refractivity contribution is 0.472. The molecule has 1 N–H and O–H groups in total. The van der Waals surface area contributed by atoms with Gasteiger partial charge in [0.25, 0.3) is 0 Å². The van der Waals surface area contributed by atoms with E-state index in [-0.39, 0.29) is 0 Å². The van der Waals surface area contributed by atoms with E-state index in [2.05, 4.69) is 32.5 Å². The molecule has 0 atom stereocenters. The molecule has 1 heterocycles. The monoisotopic (exact) mass is 300 g/mol. The van der Waals surface area contributed by atoms with E-state index in [0.717, 1.165) is 15.5 Å². The lowest BCUT2D eigenvalue weighted by Crippen LogP contribution is -2.27. The van der Waals surface area contributed by atoms with Gasteiger partial charge in [-0.15, -0.1) is 0 Å². The van der Waals surface area contributed by atoms with Gasteiger partial charge in [0.15, 0.2) is 0 Å². The molecule has 2 nitrogen and oxygen atoms in total. The summed E-state index contributed by atoms with van der Waals surface area (Å²) in [6, 6.07) is 4.67. The third-order valence-electron chi connectivity index (χ3n) is 3.09. The van der Waals surface area contributed by atoms with Crippen molar-refractivity contribution in [1.82, 2.24) is 4.98 Å². The fourth-order valence-corrected chi connectivity index (χ4v) is 3.09. The molecule has 16 heavy (non-hydrogen) atoms. The van der Waals surface area contributed by atoms with Crippen LogP contribution in [0.15, 0.2) is 22.8 Å². The topological polar surface area (TPSA) is 24.9 Å². The van der Waals surface area contributed by atoms with Gasteiger partial charge in [0.05, 0.1) is 0 Å². The predicted octanol–water partition coefficient (Wildman–Crippen LogP) is 3.93. The van der Waals surface area contributed by atoms with E-state index < -0.39 is 0 Å². The van der Waals surface area contributed by atoms with E-state index in [1.165, 1.54) is 25.7 Å². The zero-order chi connectivity index (χ0) is 11.4. The maximum Gasteiger partial charge on any atom is 0.126 e. The molecule has 0 unspecified atom stereocenters. The summed E-state index contributed by atoms with van der Waals surface area (Å²) < 4.78 is 1.03. The Morgan fingerprint density at radius 3 is 2.62 bits per heavy atom. The van der Waals surface area contributed by atoms with E-state index in [1.54, 1.807) is 0 Å². The van der Waals surface area contributed by atoms with Crippen LogP contribution in [0.5, 0.6) is 0 Å². The van der Waals surface area contributed by atoms with Gasteiger partial charge in [-0.3, -0.25) is 0 Å². The minimum absolute atomic E-state index is 0.608. The van der Waals surface area contributed by atoms with Crippen molar-refractivity contribution in [3.63, 3.8) is 0 Å². The highest BCUT2D eigenvalue weighted by molar-refractivity contribution is 9.10. The average molecular weight is 301 g/mol. The van der Waals surface area contributed by atoms with E-state index in [0.29, 0.717) is 6.04 Å². The molecule has 2 rings (SSSR count). The molecule has 0 aliphatic heterocycles. The number of anilines is 1. The molecule has 0 spiro atoms. The van der Waals surface area contributed by atoms with Gasteiger partial charge in [-0.1, -0.05) is 0 Å². The highest BCUT2D eigenvalue weighted by atomic mass is 79.9. The van der Waals surface area contributed by atoms with E-state index in [4.69, 9.17) is 0 Å². The van der Waals surface area contributed by atoms with Gasteiger partial charge in [0, 0.05) is 22.0 Å². The molecule has 4 heteroatoms. The standard InChI is InChI=1S/C12H17BrN2S/c1-16-11-5-3-10(4-6-11)15-12-7-2-9(13)8-14-12/h2,7-8,10-11H,3-6H2,1H3,(H,14,15). The molecule has 1 fully saturated rings. The zero-order valence-corrected chi connectivity index (χ0v) is 11.9. The number of hydrogen-bond acceptors (Lipinski definition) is 3. The van der Waals surface area contributed by atoms with Gasteiger partial charge in [0.1, 0.15) is 5.82 Å². The molecule has 1 saturated carbocycles. The van der Waals surface area contributed by atoms with Crippen LogP contribution in [0.4, 0.5) is 5.82 Å². The molecular weight excluding hydrogens is 284 g/mol. The molecule has 1 aromatic heterocycles. The summed E-state index contributed by atoms with van der Waals surface area (Å²) in [5, 5.41) is 4.38. The van der Waals surface area contributed by atoms with Crippen molar-refractivity contribution in [1.29, 1.82) is 0 Å². The number of nitrogens with one attached hydrogen (secondary N) is 1. The van der Waals surface area contributed by atoms with Gasteiger partial charge in [-0.05, 0) is 60.0 Å². The maximum atomic E-state index is 4.35. The van der Waals surface area contributed by atoms with Crippen molar-refractivity contribution >= 4 is 33.5 Å². The summed E-state index contributed by atoms with van der Waals surface area (Å²) in [6.07, 6.45) is 9.25. The van der Waals surface area contributed by atoms with Gasteiger partial charge in [-0.25, -0.2) is 4.98 Å². The number of pyridine rings is 1. The summed E-state index contributed by atoms with van der Waals surface area (Å²) in [6.45, 7) is 0. The predicted molar refractivity (Wildman–Crippen MR) is 75.1 cm³/mol. The first-order valence-corrected chi connectivity index (χ1v) is 7.77. The van der Waals surface area contributed by atoms with Crippen molar-refractivity contribution in [2.45, 2.75) is 37.0 Å². The summed E-state index contributed by atoms with van der Waals surface area (Å²) in [4.78, 5) is 4.35. The first-order valence-electron chi connectivity index (χ1n) is 5.69. The highest BCUT2D eigenvalue weighted by Gasteiger charge is 2.20. The Bertz CT molecular complexity index is 320. The zero-order valence-electron chi connectivity index (χ0n) is 9.45. The molecule has 0 amide bonds. The van der Waals surface area contributed by atoms with Crippen molar-refractivity contribution in [3.05, 3.63) is 22.8 Å². The quantitative estimate of drug-likeness (QED) is 0.915. The molecule has 88 valence electrons. The van der Waals surface area contributed by atoms with Gasteiger partial charge < -0.3 is 5.32 Å². The Morgan fingerprint density at radius 2 is 2.06 bits per heavy atom. The molecule has 1 aliphatic carbocycles. The fraction of sp³-hybridized carbons (Fsp3) is 0.583. The van der Waals surface area contributed by atoms with Gasteiger partial charge in [0.2, 0.25) is 0 Å². The Balaban J connectivity index is 1.84. The minimum atomic E-state index is 0.608. The number of nitrogens with zero attached hydrogens (tertiary/aromatic N) is 1. The number of rotatable bonds is 3. The molecular formula is C12H17BrN2S. The lowest BCUT2D eigenvalue weighted by atomic mass is 9.95. The third kappa shape index (κ3) is 3.39. The average Bonchev–Trinajstić information content (AvgIpc) is 2.33. The molecule has 0 saturated heterocycles. The van der Waals surface area contributed by atoms with Crippen LogP contribution in [0.1, 0.15) is 25.7 Å². The SMILES string of the molecule is CSC1CCC(Nc2ccc(Br)cn2)CC1. The largest absolute Gasteiger partial charge is 0.367 e. The summed E-state index contributed by atoms with van der Waals surface area (Å²) in [5.74, 6) is 0.996. The third-order valence-corrected chi connectivity index (χ3v) is 4.69. The summed E-state index contributed by atoms with van der Waals surface area (Å²) >= 11 is 5.40. The van der Waals surface area contributed by atoms with Crippen LogP contribution < -0.4 is 5.32 Å². The molecule has 1 aromatic rings. The smallest absolute Gasteiger partial charge is 0.126 e. The van der Waals surface area contributed by atoms with Crippen molar-refractivity contribution in [2.75, 3.05) is 11.6 Å². The van der Waals surface area contributed by atoms with Gasteiger partial charge >= 0.3 is 0 Å². The Labute approximate surface area is 110 Å².